The van der Waals surface area contributed by atoms with E-state index in [4.69, 9.17) is 16.6 Å². The Bertz CT molecular complexity index is 1290. The molecule has 0 atom stereocenters. The summed E-state index contributed by atoms with van der Waals surface area (Å²) in [4.78, 5) is 30.8. The minimum atomic E-state index is -0.150. The molecule has 33 heavy (non-hydrogen) atoms. The second-order valence-electron chi connectivity index (χ2n) is 7.71. The van der Waals surface area contributed by atoms with Gasteiger partial charge in [-0.25, -0.2) is 4.98 Å². The molecular weight excluding hydrogens is 456 g/mol. The molecule has 1 aromatic heterocycles. The number of fused-ring (bicyclic) bond motifs is 1. The molecule has 0 spiro atoms. The van der Waals surface area contributed by atoms with Crippen LogP contribution in [0.4, 0.5) is 5.69 Å². The van der Waals surface area contributed by atoms with Crippen molar-refractivity contribution in [1.29, 1.82) is 0 Å². The molecule has 0 saturated carbocycles. The second-order valence-corrected chi connectivity index (χ2v) is 9.09. The molecule has 4 aromatic rings. The van der Waals surface area contributed by atoms with Crippen molar-refractivity contribution in [1.82, 2.24) is 14.5 Å². The summed E-state index contributed by atoms with van der Waals surface area (Å²) in [6.45, 7) is 0.643. The maximum Gasteiger partial charge on any atom is 0.253 e. The van der Waals surface area contributed by atoms with Gasteiger partial charge in [-0.05, 0) is 48.0 Å². The Morgan fingerprint density at radius 2 is 1.76 bits per heavy atom. The Morgan fingerprint density at radius 3 is 2.45 bits per heavy atom. The van der Waals surface area contributed by atoms with Crippen LogP contribution in [-0.4, -0.2) is 46.1 Å². The number of nitrogens with one attached hydrogen (secondary N) is 1. The lowest BCUT2D eigenvalue weighted by Gasteiger charge is -2.11. The lowest BCUT2D eigenvalue weighted by atomic mass is 10.2. The quantitative estimate of drug-likeness (QED) is 0.372. The summed E-state index contributed by atoms with van der Waals surface area (Å²) in [6.07, 6.45) is 0. The van der Waals surface area contributed by atoms with Crippen LogP contribution in [0.2, 0.25) is 5.02 Å². The van der Waals surface area contributed by atoms with Crippen molar-refractivity contribution in [3.05, 3.63) is 88.9 Å². The zero-order valence-electron chi connectivity index (χ0n) is 18.3. The minimum absolute atomic E-state index is 0.0825. The van der Waals surface area contributed by atoms with Gasteiger partial charge in [0, 0.05) is 30.4 Å². The number of amides is 2. The zero-order chi connectivity index (χ0) is 23.4. The Labute approximate surface area is 201 Å². The highest BCUT2D eigenvalue weighted by atomic mass is 35.5. The molecule has 6 nitrogen and oxygen atoms in total. The summed E-state index contributed by atoms with van der Waals surface area (Å²) in [7, 11) is 3.41. The van der Waals surface area contributed by atoms with E-state index < -0.39 is 0 Å². The minimum Gasteiger partial charge on any atom is -0.345 e. The van der Waals surface area contributed by atoms with E-state index >= 15 is 0 Å². The lowest BCUT2D eigenvalue weighted by Crippen LogP contribution is -2.21. The third kappa shape index (κ3) is 5.56. The molecule has 0 unspecified atom stereocenters. The topological polar surface area (TPSA) is 67.2 Å². The molecule has 0 bridgehead atoms. The normalized spacial score (nSPS) is 10.9. The first-order valence-corrected chi connectivity index (χ1v) is 11.7. The van der Waals surface area contributed by atoms with Crippen molar-refractivity contribution >= 4 is 51.9 Å². The molecule has 0 aliphatic rings. The number of carbonyl (C=O) groups excluding carboxylic acids is 2. The van der Waals surface area contributed by atoms with Crippen LogP contribution in [0.5, 0.6) is 0 Å². The number of aromatic nitrogens is 2. The summed E-state index contributed by atoms with van der Waals surface area (Å²) in [6, 6.07) is 22.6. The van der Waals surface area contributed by atoms with Crippen molar-refractivity contribution in [2.45, 2.75) is 11.7 Å². The van der Waals surface area contributed by atoms with Crippen molar-refractivity contribution in [3.8, 4) is 0 Å². The summed E-state index contributed by atoms with van der Waals surface area (Å²) in [5, 5.41) is 4.25. The average molecular weight is 479 g/mol. The van der Waals surface area contributed by atoms with Crippen molar-refractivity contribution in [2.75, 3.05) is 25.2 Å². The molecule has 0 saturated heterocycles. The van der Waals surface area contributed by atoms with Gasteiger partial charge in [-0.3, -0.25) is 9.59 Å². The van der Waals surface area contributed by atoms with Crippen molar-refractivity contribution in [3.63, 3.8) is 0 Å². The summed E-state index contributed by atoms with van der Waals surface area (Å²) >= 11 is 7.54. The summed E-state index contributed by atoms with van der Waals surface area (Å²) in [5.74, 6) is -0.0339. The van der Waals surface area contributed by atoms with Crippen LogP contribution in [0, 0.1) is 0 Å². The maximum atomic E-state index is 12.6. The van der Waals surface area contributed by atoms with Gasteiger partial charge in [0.05, 0.1) is 23.3 Å². The van der Waals surface area contributed by atoms with Crippen LogP contribution in [-0.2, 0) is 11.3 Å². The highest BCUT2D eigenvalue weighted by Crippen LogP contribution is 2.27. The van der Waals surface area contributed by atoms with Crippen LogP contribution in [0.3, 0.4) is 0 Å². The van der Waals surface area contributed by atoms with Gasteiger partial charge in [0.25, 0.3) is 5.91 Å². The number of thioether (sulfide) groups is 1. The van der Waals surface area contributed by atoms with Crippen molar-refractivity contribution in [2.24, 2.45) is 0 Å². The van der Waals surface area contributed by atoms with E-state index in [1.807, 2.05) is 36.4 Å². The van der Waals surface area contributed by atoms with Gasteiger partial charge >= 0.3 is 0 Å². The molecule has 8 heteroatoms. The molecule has 3 aromatic carbocycles. The number of nitrogens with zero attached hydrogens (tertiary/aromatic N) is 3. The van der Waals surface area contributed by atoms with Gasteiger partial charge in [0.2, 0.25) is 5.91 Å². The van der Waals surface area contributed by atoms with E-state index in [9.17, 15) is 9.59 Å². The number of rotatable bonds is 7. The predicted molar refractivity (Wildman–Crippen MR) is 134 cm³/mol. The van der Waals surface area contributed by atoms with Gasteiger partial charge in [-0.2, -0.15) is 0 Å². The first kappa shape index (κ1) is 22.9. The van der Waals surface area contributed by atoms with Crippen LogP contribution in [0.15, 0.2) is 78.0 Å². The number of anilines is 1. The fraction of sp³-hybridized carbons (Fsp3) is 0.160. The molecule has 1 heterocycles. The third-order valence-electron chi connectivity index (χ3n) is 5.01. The molecule has 168 valence electrons. The monoisotopic (exact) mass is 478 g/mol. The fourth-order valence-electron chi connectivity index (χ4n) is 3.39. The Hall–Kier alpha value is -3.29. The molecular formula is C25H23ClN4O2S. The largest absolute Gasteiger partial charge is 0.345 e. The Balaban J connectivity index is 1.47. The van der Waals surface area contributed by atoms with Crippen LogP contribution in [0.1, 0.15) is 15.9 Å². The first-order valence-electron chi connectivity index (χ1n) is 10.3. The SMILES string of the molecule is CN(C)C(=O)c1ccc(NC(=O)CSc2nc3cc(Cl)ccc3n2Cc2ccccc2)cc1. The molecule has 0 aliphatic heterocycles. The van der Waals surface area contributed by atoms with E-state index in [1.54, 1.807) is 38.4 Å². The summed E-state index contributed by atoms with van der Waals surface area (Å²) in [5.41, 5.74) is 4.11. The van der Waals surface area contributed by atoms with Gasteiger partial charge in [0.15, 0.2) is 5.16 Å². The molecule has 2 amide bonds. The van der Waals surface area contributed by atoms with Gasteiger partial charge < -0.3 is 14.8 Å². The number of benzene rings is 3. The number of hydrogen-bond donors (Lipinski definition) is 1. The van der Waals surface area contributed by atoms with E-state index in [1.165, 1.54) is 16.7 Å². The average Bonchev–Trinajstić information content (AvgIpc) is 3.14. The van der Waals surface area contributed by atoms with Crippen LogP contribution < -0.4 is 5.32 Å². The number of hydrogen-bond acceptors (Lipinski definition) is 4. The smallest absolute Gasteiger partial charge is 0.253 e. The van der Waals surface area contributed by atoms with Crippen LogP contribution >= 0.6 is 23.4 Å². The van der Waals surface area contributed by atoms with E-state index in [-0.39, 0.29) is 17.6 Å². The maximum absolute atomic E-state index is 12.6. The van der Waals surface area contributed by atoms with Gasteiger partial charge in [-0.15, -0.1) is 0 Å². The molecule has 0 radical (unpaired) electrons. The molecule has 0 fully saturated rings. The number of imidazole rings is 1. The Morgan fingerprint density at radius 1 is 1.03 bits per heavy atom. The molecule has 4 rings (SSSR count). The Kier molecular flexibility index (Phi) is 7.01. The zero-order valence-corrected chi connectivity index (χ0v) is 19.9. The van der Waals surface area contributed by atoms with Gasteiger partial charge in [-0.1, -0.05) is 53.7 Å². The first-order chi connectivity index (χ1) is 15.9. The van der Waals surface area contributed by atoms with E-state index in [0.29, 0.717) is 22.8 Å². The lowest BCUT2D eigenvalue weighted by molar-refractivity contribution is -0.113. The number of carbonyl (C=O) groups is 2. The molecule has 1 N–H and O–H groups in total. The van der Waals surface area contributed by atoms with Crippen LogP contribution in [0.25, 0.3) is 11.0 Å². The van der Waals surface area contributed by atoms with Gasteiger partial charge in [0.1, 0.15) is 0 Å². The van der Waals surface area contributed by atoms with E-state index in [2.05, 4.69) is 22.0 Å². The third-order valence-corrected chi connectivity index (χ3v) is 6.22. The second kappa shape index (κ2) is 10.1. The predicted octanol–water partition coefficient (Wildman–Crippen LogP) is 5.17. The standard InChI is InChI=1S/C25H23ClN4O2S/c1-29(2)24(32)18-8-11-20(12-9-18)27-23(31)16-33-25-28-21-14-19(26)10-13-22(21)30(25)15-17-6-4-3-5-7-17/h3-14H,15-16H2,1-2H3,(H,27,31). The fourth-order valence-corrected chi connectivity index (χ4v) is 4.37. The summed E-state index contributed by atoms with van der Waals surface area (Å²) < 4.78 is 2.10. The molecule has 0 aliphatic carbocycles. The van der Waals surface area contributed by atoms with E-state index in [0.717, 1.165) is 21.8 Å². The highest BCUT2D eigenvalue weighted by molar-refractivity contribution is 7.99. The number of halogens is 1. The van der Waals surface area contributed by atoms with Crippen molar-refractivity contribution < 1.29 is 9.59 Å². The highest BCUT2D eigenvalue weighted by Gasteiger charge is 2.15.